The van der Waals surface area contributed by atoms with Crippen LogP contribution in [0.3, 0.4) is 0 Å². The topological polar surface area (TPSA) is 0 Å². The van der Waals surface area contributed by atoms with Gasteiger partial charge in [-0.3, -0.25) is 0 Å². The van der Waals surface area contributed by atoms with Crippen molar-refractivity contribution in [2.75, 3.05) is 0 Å². The van der Waals surface area contributed by atoms with Crippen molar-refractivity contribution in [1.29, 1.82) is 0 Å². The number of rotatable bonds is 40. The summed E-state index contributed by atoms with van der Waals surface area (Å²) in [4.78, 5) is 0. The van der Waals surface area contributed by atoms with Crippen LogP contribution in [0.4, 0.5) is 0 Å². The molecule has 0 aromatic rings. The quantitative estimate of drug-likeness (QED) is 0.0429. The van der Waals surface area contributed by atoms with Gasteiger partial charge in [-0.2, -0.15) is 0 Å². The Morgan fingerprint density at radius 2 is 0.696 bits per heavy atom. The van der Waals surface area contributed by atoms with Crippen molar-refractivity contribution in [3.8, 4) is 0 Å². The number of unbranched alkanes of at least 4 members (excludes halogenated alkanes) is 23. The van der Waals surface area contributed by atoms with Gasteiger partial charge in [0.15, 0.2) is 0 Å². The molecular formula is C56H110. The Morgan fingerprint density at radius 1 is 0.375 bits per heavy atom. The fourth-order valence-electron chi connectivity index (χ4n) is 7.01. The van der Waals surface area contributed by atoms with Gasteiger partial charge in [-0.1, -0.05) is 271 Å². The molecule has 0 aromatic heterocycles. The van der Waals surface area contributed by atoms with Crippen LogP contribution in [-0.2, 0) is 0 Å². The van der Waals surface area contributed by atoms with Gasteiger partial charge < -0.3 is 0 Å². The molecule has 0 aliphatic rings. The van der Waals surface area contributed by atoms with Crippen LogP contribution in [0.1, 0.15) is 288 Å². The second-order valence-corrected chi connectivity index (χ2v) is 16.7. The van der Waals surface area contributed by atoms with Crippen molar-refractivity contribution >= 4 is 0 Å². The van der Waals surface area contributed by atoms with E-state index in [1.54, 1.807) is 0 Å². The Bertz CT molecular complexity index is 793. The molecular weight excluding hydrogens is 673 g/mol. The molecule has 2 unspecified atom stereocenters. The highest BCUT2D eigenvalue weighted by molar-refractivity contribution is 4.98. The molecule has 0 aliphatic carbocycles. The zero-order chi connectivity index (χ0) is 41.1. The maximum Gasteiger partial charge on any atom is -0.0169 e. The highest BCUT2D eigenvalue weighted by Gasteiger charge is 2.06. The lowest BCUT2D eigenvalue weighted by atomic mass is 9.92. The van der Waals surface area contributed by atoms with E-state index in [0.29, 0.717) is 0 Å². The minimum absolute atomic E-state index is 0. The molecule has 0 heteroatoms. The molecule has 56 heavy (non-hydrogen) atoms. The average Bonchev–Trinajstić information content (AvgIpc) is 3.20. The smallest absolute Gasteiger partial charge is 0.0169 e. The molecule has 0 amide bonds. The van der Waals surface area contributed by atoms with Crippen LogP contribution < -0.4 is 0 Å². The van der Waals surface area contributed by atoms with Gasteiger partial charge in [0.25, 0.3) is 0 Å². The van der Waals surface area contributed by atoms with Gasteiger partial charge in [0, 0.05) is 0 Å². The largest absolute Gasteiger partial charge is 0.0996 e. The SMILES string of the molecule is C.C=C(CCCCCCCC)C(C)CCCC.CC.CCCC/C=C\C/C=C\CCCCCCCCC(C)CCCCCCCC/C=C\C/C=C\CCCCC. The molecule has 334 valence electrons. The Hall–Kier alpha value is -1.30. The molecule has 0 spiro atoms. The van der Waals surface area contributed by atoms with Crippen molar-refractivity contribution in [3.63, 3.8) is 0 Å². The van der Waals surface area contributed by atoms with Gasteiger partial charge in [0.1, 0.15) is 0 Å². The Morgan fingerprint density at radius 3 is 1.12 bits per heavy atom. The summed E-state index contributed by atoms with van der Waals surface area (Å²) < 4.78 is 0. The molecule has 0 bridgehead atoms. The fourth-order valence-corrected chi connectivity index (χ4v) is 7.01. The minimum atomic E-state index is 0. The zero-order valence-electron chi connectivity index (χ0n) is 39.7. The summed E-state index contributed by atoms with van der Waals surface area (Å²) in [5, 5.41) is 0. The molecule has 0 radical (unpaired) electrons. The van der Waals surface area contributed by atoms with E-state index in [0.717, 1.165) is 24.7 Å². The van der Waals surface area contributed by atoms with Crippen molar-refractivity contribution in [2.45, 2.75) is 288 Å². The molecule has 2 atom stereocenters. The predicted octanol–water partition coefficient (Wildman–Crippen LogP) is 21.4. The van der Waals surface area contributed by atoms with Crippen LogP contribution in [0.25, 0.3) is 0 Å². The average molecular weight is 783 g/mol. The maximum atomic E-state index is 4.24. The Balaban J connectivity index is -0.000000595. The first kappa shape index (κ1) is 61.4. The van der Waals surface area contributed by atoms with Crippen LogP contribution in [0, 0.1) is 11.8 Å². The van der Waals surface area contributed by atoms with E-state index in [2.05, 4.69) is 96.7 Å². The summed E-state index contributed by atoms with van der Waals surface area (Å²) in [6, 6.07) is 0. The first-order valence-electron chi connectivity index (χ1n) is 25.3. The summed E-state index contributed by atoms with van der Waals surface area (Å²) in [5.74, 6) is 1.68. The fraction of sp³-hybridized carbons (Fsp3) is 0.821. The van der Waals surface area contributed by atoms with Crippen molar-refractivity contribution in [3.05, 3.63) is 60.8 Å². The second kappa shape index (κ2) is 58.0. The van der Waals surface area contributed by atoms with Crippen LogP contribution in [0.2, 0.25) is 0 Å². The summed E-state index contributed by atoms with van der Waals surface area (Å²) in [6.45, 7) is 22.1. The van der Waals surface area contributed by atoms with E-state index in [4.69, 9.17) is 0 Å². The standard InChI is InChI=1S/C37H68.C16H32.C2H6.CH4/c1-4-6-8-10-12-14-16-18-20-22-24-26-28-30-32-34-36-37(3)35-33-31-29-27-25-23-21-19-17-15-13-11-9-7-5-2;1-5-7-9-10-11-12-14-16(4)15(3)13-8-6-2;1-2;/h11-14,17-20,37H,4-10,15-16,21-36H2,1-3H3;15H,4-14H2,1-3H3;1-2H3;1H4/b13-11-,14-12-,19-17-,20-18-;;;. The summed E-state index contributed by atoms with van der Waals surface area (Å²) in [5.41, 5.74) is 1.49. The van der Waals surface area contributed by atoms with E-state index >= 15 is 0 Å². The third-order valence-corrected chi connectivity index (χ3v) is 11.1. The summed E-state index contributed by atoms with van der Waals surface area (Å²) in [7, 11) is 0. The summed E-state index contributed by atoms with van der Waals surface area (Å²) >= 11 is 0. The number of hydrogen-bond donors (Lipinski definition) is 0. The monoisotopic (exact) mass is 783 g/mol. The first-order valence-corrected chi connectivity index (χ1v) is 25.3. The third kappa shape index (κ3) is 57.0. The highest BCUT2D eigenvalue weighted by atomic mass is 14.1. The van der Waals surface area contributed by atoms with Crippen LogP contribution in [0.15, 0.2) is 60.8 Å². The zero-order valence-corrected chi connectivity index (χ0v) is 39.7. The number of hydrogen-bond acceptors (Lipinski definition) is 0. The van der Waals surface area contributed by atoms with Crippen LogP contribution >= 0.6 is 0 Å². The minimum Gasteiger partial charge on any atom is -0.0996 e. The molecule has 0 N–H and O–H groups in total. The Kier molecular flexibility index (Phi) is 63.6. The molecule has 0 aliphatic heterocycles. The van der Waals surface area contributed by atoms with Gasteiger partial charge in [-0.15, -0.1) is 0 Å². The lowest BCUT2D eigenvalue weighted by Gasteiger charge is -2.14. The van der Waals surface area contributed by atoms with Crippen LogP contribution in [-0.4, -0.2) is 0 Å². The molecule has 0 saturated heterocycles. The predicted molar refractivity (Wildman–Crippen MR) is 266 cm³/mol. The number of allylic oxidation sites excluding steroid dienone is 9. The second-order valence-electron chi connectivity index (χ2n) is 16.7. The van der Waals surface area contributed by atoms with Gasteiger partial charge in [0.2, 0.25) is 0 Å². The van der Waals surface area contributed by atoms with Gasteiger partial charge in [-0.25, -0.2) is 0 Å². The van der Waals surface area contributed by atoms with Crippen molar-refractivity contribution in [1.82, 2.24) is 0 Å². The van der Waals surface area contributed by atoms with Crippen molar-refractivity contribution < 1.29 is 0 Å². The normalized spacial score (nSPS) is 12.5. The van der Waals surface area contributed by atoms with E-state index in [1.165, 1.54) is 217 Å². The van der Waals surface area contributed by atoms with E-state index in [1.807, 2.05) is 13.8 Å². The molecule has 0 heterocycles. The molecule has 0 fully saturated rings. The molecule has 0 nitrogen and oxygen atoms in total. The van der Waals surface area contributed by atoms with E-state index in [9.17, 15) is 0 Å². The summed E-state index contributed by atoms with van der Waals surface area (Å²) in [6.07, 6.45) is 66.5. The van der Waals surface area contributed by atoms with E-state index < -0.39 is 0 Å². The molecule has 0 aromatic carbocycles. The highest BCUT2D eigenvalue weighted by Crippen LogP contribution is 2.22. The van der Waals surface area contributed by atoms with Gasteiger partial charge >= 0.3 is 0 Å². The molecule has 0 rings (SSSR count). The van der Waals surface area contributed by atoms with Crippen LogP contribution in [0.5, 0.6) is 0 Å². The molecule has 0 saturated carbocycles. The van der Waals surface area contributed by atoms with Gasteiger partial charge in [0.05, 0.1) is 0 Å². The lowest BCUT2D eigenvalue weighted by Crippen LogP contribution is -1.98. The Labute approximate surface area is 358 Å². The first-order chi connectivity index (χ1) is 27.0. The van der Waals surface area contributed by atoms with Crippen molar-refractivity contribution in [2.24, 2.45) is 11.8 Å². The van der Waals surface area contributed by atoms with Gasteiger partial charge in [-0.05, 0) is 88.9 Å². The maximum absolute atomic E-state index is 4.24. The third-order valence-electron chi connectivity index (χ3n) is 11.1. The lowest BCUT2D eigenvalue weighted by molar-refractivity contribution is 0.431. The van der Waals surface area contributed by atoms with E-state index in [-0.39, 0.29) is 7.43 Å².